The van der Waals surface area contributed by atoms with Gasteiger partial charge in [0.15, 0.2) is 5.69 Å². The van der Waals surface area contributed by atoms with E-state index >= 15 is 0 Å². The molecule has 2 amide bonds. The highest BCUT2D eigenvalue weighted by molar-refractivity contribution is 7.59. The number of nitrogens with one attached hydrogen (secondary N) is 1. The predicted molar refractivity (Wildman–Crippen MR) is 118 cm³/mol. The van der Waals surface area contributed by atoms with Gasteiger partial charge in [-0.15, -0.1) is 0 Å². The number of hydrogen-bond donors (Lipinski definition) is 1. The molecular formula is C20H17ClF3N5O2S. The molecule has 1 aliphatic rings. The smallest absolute Gasteiger partial charge is 0.319 e. The van der Waals surface area contributed by atoms with Crippen LogP contribution < -0.4 is 10.2 Å². The standard InChI is InChI=1S/C20H15ClF3N5O2.H2S/c1-11-10-28(13-4-5-14(15(21)7-13)20(22,23)24)19(31)17-16(9-26-29(11)17)27-18(30)12-3-2-6-25-8-12;/h2-9,11H,10H2,1H3,(H,27,30);1H2/t11-;/m0./s1. The third-order valence-corrected chi connectivity index (χ3v) is 5.16. The van der Waals surface area contributed by atoms with Gasteiger partial charge in [-0.25, -0.2) is 0 Å². The lowest BCUT2D eigenvalue weighted by Crippen LogP contribution is -2.43. The molecule has 0 saturated heterocycles. The Balaban J connectivity index is 0.00000289. The largest absolute Gasteiger partial charge is 0.417 e. The van der Waals surface area contributed by atoms with Gasteiger partial charge in [0.2, 0.25) is 0 Å². The third kappa shape index (κ3) is 4.30. The molecule has 1 N–H and O–H groups in total. The second-order valence-corrected chi connectivity index (χ2v) is 7.38. The molecule has 0 radical (unpaired) electrons. The van der Waals surface area contributed by atoms with Gasteiger partial charge < -0.3 is 10.2 Å². The van der Waals surface area contributed by atoms with E-state index in [1.165, 1.54) is 34.2 Å². The van der Waals surface area contributed by atoms with E-state index in [-0.39, 0.29) is 43.2 Å². The fourth-order valence-electron chi connectivity index (χ4n) is 3.37. The Bertz CT molecular complexity index is 1170. The van der Waals surface area contributed by atoms with Gasteiger partial charge in [0.05, 0.1) is 34.1 Å². The van der Waals surface area contributed by atoms with E-state index in [0.29, 0.717) is 5.56 Å². The van der Waals surface area contributed by atoms with Crippen molar-refractivity contribution in [3.63, 3.8) is 0 Å². The van der Waals surface area contributed by atoms with Crippen molar-refractivity contribution in [2.24, 2.45) is 0 Å². The highest BCUT2D eigenvalue weighted by Gasteiger charge is 2.36. The molecule has 2 aromatic heterocycles. The van der Waals surface area contributed by atoms with Crippen molar-refractivity contribution < 1.29 is 22.8 Å². The molecule has 1 aromatic carbocycles. The molecule has 3 aromatic rings. The van der Waals surface area contributed by atoms with Crippen LogP contribution in [0, 0.1) is 0 Å². The second kappa shape index (κ2) is 8.83. The monoisotopic (exact) mass is 483 g/mol. The lowest BCUT2D eigenvalue weighted by molar-refractivity contribution is -0.137. The Hall–Kier alpha value is -3.05. The van der Waals surface area contributed by atoms with Gasteiger partial charge >= 0.3 is 6.18 Å². The van der Waals surface area contributed by atoms with Crippen LogP contribution in [0.15, 0.2) is 48.9 Å². The highest BCUT2D eigenvalue weighted by Crippen LogP contribution is 2.38. The lowest BCUT2D eigenvalue weighted by atomic mass is 10.1. The first kappa shape index (κ1) is 23.6. The normalized spacial score (nSPS) is 15.7. The fraction of sp³-hybridized carbons (Fsp3) is 0.200. The molecule has 0 bridgehead atoms. The number of carbonyl (C=O) groups excluding carboxylic acids is 2. The van der Waals surface area contributed by atoms with Gasteiger partial charge in [0, 0.05) is 24.6 Å². The van der Waals surface area contributed by atoms with Gasteiger partial charge in [-0.2, -0.15) is 31.8 Å². The number of halogens is 4. The molecule has 0 unspecified atom stereocenters. The predicted octanol–water partition coefficient (Wildman–Crippen LogP) is 4.54. The summed E-state index contributed by atoms with van der Waals surface area (Å²) in [6.45, 7) is 1.97. The van der Waals surface area contributed by atoms with Crippen molar-refractivity contribution in [3.8, 4) is 0 Å². The zero-order valence-corrected chi connectivity index (χ0v) is 18.3. The van der Waals surface area contributed by atoms with Crippen molar-refractivity contribution in [1.82, 2.24) is 14.8 Å². The molecule has 0 aliphatic carbocycles. The average Bonchev–Trinajstić information content (AvgIpc) is 3.15. The molecular weight excluding hydrogens is 467 g/mol. The third-order valence-electron chi connectivity index (χ3n) is 4.85. The van der Waals surface area contributed by atoms with Crippen LogP contribution in [0.1, 0.15) is 39.4 Å². The van der Waals surface area contributed by atoms with Crippen molar-refractivity contribution in [3.05, 3.63) is 70.8 Å². The summed E-state index contributed by atoms with van der Waals surface area (Å²) < 4.78 is 40.5. The second-order valence-electron chi connectivity index (χ2n) is 6.97. The van der Waals surface area contributed by atoms with Crippen LogP contribution in [0.3, 0.4) is 0 Å². The summed E-state index contributed by atoms with van der Waals surface area (Å²) in [6, 6.07) is 6.02. The minimum absolute atomic E-state index is 0. The molecule has 1 aliphatic heterocycles. The number of pyridine rings is 1. The van der Waals surface area contributed by atoms with Gasteiger partial charge in [-0.3, -0.25) is 19.3 Å². The van der Waals surface area contributed by atoms with Crippen LogP contribution in [0.5, 0.6) is 0 Å². The summed E-state index contributed by atoms with van der Waals surface area (Å²) in [5.41, 5.74) is -0.165. The van der Waals surface area contributed by atoms with Gasteiger partial charge in [0.25, 0.3) is 11.8 Å². The Morgan fingerprint density at radius 1 is 1.25 bits per heavy atom. The van der Waals surface area contributed by atoms with Crippen LogP contribution >= 0.6 is 25.1 Å². The van der Waals surface area contributed by atoms with E-state index < -0.39 is 28.6 Å². The van der Waals surface area contributed by atoms with Crippen LogP contribution in [0.25, 0.3) is 0 Å². The topological polar surface area (TPSA) is 80.1 Å². The summed E-state index contributed by atoms with van der Waals surface area (Å²) in [5.74, 6) is -0.994. The number of anilines is 2. The molecule has 168 valence electrons. The summed E-state index contributed by atoms with van der Waals surface area (Å²) in [5, 5.41) is 6.33. The van der Waals surface area contributed by atoms with Gasteiger partial charge in [-0.1, -0.05) is 11.6 Å². The van der Waals surface area contributed by atoms with E-state index in [0.717, 1.165) is 12.1 Å². The summed E-state index contributed by atoms with van der Waals surface area (Å²) >= 11 is 5.83. The quantitative estimate of drug-likeness (QED) is 0.593. The van der Waals surface area contributed by atoms with Crippen molar-refractivity contribution in [2.45, 2.75) is 19.1 Å². The molecule has 7 nitrogen and oxygen atoms in total. The minimum atomic E-state index is -4.60. The number of benzene rings is 1. The zero-order chi connectivity index (χ0) is 22.3. The first-order chi connectivity index (χ1) is 14.7. The van der Waals surface area contributed by atoms with E-state index in [4.69, 9.17) is 11.6 Å². The first-order valence-electron chi connectivity index (χ1n) is 9.14. The summed E-state index contributed by atoms with van der Waals surface area (Å²) in [4.78, 5) is 30.9. The number of nitrogens with zero attached hydrogens (tertiary/aromatic N) is 4. The van der Waals surface area contributed by atoms with Crippen LogP contribution in [0.4, 0.5) is 24.5 Å². The van der Waals surface area contributed by atoms with E-state index in [2.05, 4.69) is 15.4 Å². The SMILES string of the molecule is C[C@H]1CN(c2ccc(C(F)(F)F)c(Cl)c2)C(=O)c2c(NC(=O)c3cccnc3)cnn21.S. The summed E-state index contributed by atoms with van der Waals surface area (Å²) in [7, 11) is 0. The van der Waals surface area contributed by atoms with Crippen molar-refractivity contribution in [1.29, 1.82) is 0 Å². The number of rotatable bonds is 3. The first-order valence-corrected chi connectivity index (χ1v) is 9.52. The number of aromatic nitrogens is 3. The zero-order valence-electron chi connectivity index (χ0n) is 16.5. The molecule has 1 atom stereocenters. The lowest BCUT2D eigenvalue weighted by Gasteiger charge is -2.32. The van der Waals surface area contributed by atoms with E-state index in [9.17, 15) is 22.8 Å². The Morgan fingerprint density at radius 2 is 2.00 bits per heavy atom. The van der Waals surface area contributed by atoms with Gasteiger partial charge in [0.1, 0.15) is 0 Å². The van der Waals surface area contributed by atoms with Crippen LogP contribution in [-0.2, 0) is 6.18 Å². The Morgan fingerprint density at radius 3 is 2.62 bits per heavy atom. The number of amides is 2. The van der Waals surface area contributed by atoms with Crippen molar-refractivity contribution in [2.75, 3.05) is 16.8 Å². The molecule has 0 fully saturated rings. The molecule has 0 spiro atoms. The van der Waals surface area contributed by atoms with E-state index in [1.807, 2.05) is 0 Å². The Kier molecular flexibility index (Phi) is 6.51. The molecule has 12 heteroatoms. The number of carbonyl (C=O) groups is 2. The molecule has 4 rings (SSSR count). The molecule has 0 saturated carbocycles. The maximum absolute atomic E-state index is 13.2. The summed E-state index contributed by atoms with van der Waals surface area (Å²) in [6.07, 6.45) is -0.332. The number of fused-ring (bicyclic) bond motifs is 1. The molecule has 32 heavy (non-hydrogen) atoms. The van der Waals surface area contributed by atoms with Gasteiger partial charge in [-0.05, 0) is 37.3 Å². The number of hydrogen-bond acceptors (Lipinski definition) is 4. The van der Waals surface area contributed by atoms with Crippen molar-refractivity contribution >= 4 is 48.3 Å². The van der Waals surface area contributed by atoms with Crippen LogP contribution in [-0.4, -0.2) is 33.1 Å². The van der Waals surface area contributed by atoms with Crippen LogP contribution in [0.2, 0.25) is 5.02 Å². The molecule has 3 heterocycles. The Labute approximate surface area is 192 Å². The number of alkyl halides is 3. The maximum Gasteiger partial charge on any atom is 0.417 e. The highest BCUT2D eigenvalue weighted by atomic mass is 35.5. The maximum atomic E-state index is 13.2. The fourth-order valence-corrected chi connectivity index (χ4v) is 3.65. The van der Waals surface area contributed by atoms with E-state index in [1.54, 1.807) is 19.1 Å². The average molecular weight is 484 g/mol. The minimum Gasteiger partial charge on any atom is -0.319 e.